The number of esters is 1. The molecule has 5 aromatic carbocycles. The topological polar surface area (TPSA) is 26.3 Å². The maximum Gasteiger partial charge on any atom is 0.335 e. The number of carbonyl (C=O) groups is 1. The standard InChI is InChI=1S/C32H24O2S2/c1-2-29(33)34-26-15-7-8-16-27(26)35-19-9-12-23-20-22-11-4-6-14-25(22)31-30-24-13-5-3-10-21(24)17-18-28(30)36-32(23)31/h2-8,10-11,13-18,20H,1,9,12,19H2. The summed E-state index contributed by atoms with van der Waals surface area (Å²) in [5.74, 6) is 1.10. The van der Waals surface area contributed by atoms with E-state index in [1.165, 1.54) is 53.4 Å². The minimum absolute atomic E-state index is 0.432. The van der Waals surface area contributed by atoms with Crippen LogP contribution in [0.5, 0.6) is 5.75 Å². The number of benzene rings is 5. The Morgan fingerprint density at radius 3 is 2.42 bits per heavy atom. The molecule has 0 aliphatic heterocycles. The van der Waals surface area contributed by atoms with Gasteiger partial charge in [-0.15, -0.1) is 23.1 Å². The van der Waals surface area contributed by atoms with Crippen molar-refractivity contribution in [3.05, 3.63) is 109 Å². The van der Waals surface area contributed by atoms with Gasteiger partial charge < -0.3 is 4.74 Å². The van der Waals surface area contributed by atoms with Crippen molar-refractivity contribution in [1.82, 2.24) is 0 Å². The van der Waals surface area contributed by atoms with Crippen LogP contribution in [0.1, 0.15) is 12.0 Å². The molecule has 4 heteroatoms. The van der Waals surface area contributed by atoms with E-state index in [-0.39, 0.29) is 0 Å². The highest BCUT2D eigenvalue weighted by Crippen LogP contribution is 2.44. The molecule has 0 fully saturated rings. The second kappa shape index (κ2) is 9.81. The fourth-order valence-corrected chi connectivity index (χ4v) is 7.10. The summed E-state index contributed by atoms with van der Waals surface area (Å²) in [7, 11) is 0. The molecule has 0 spiro atoms. The Kier molecular flexibility index (Phi) is 6.22. The molecule has 36 heavy (non-hydrogen) atoms. The molecule has 0 atom stereocenters. The monoisotopic (exact) mass is 504 g/mol. The van der Waals surface area contributed by atoms with Crippen molar-refractivity contribution in [1.29, 1.82) is 0 Å². The minimum Gasteiger partial charge on any atom is -0.422 e. The van der Waals surface area contributed by atoms with Crippen LogP contribution in [-0.2, 0) is 11.2 Å². The summed E-state index contributed by atoms with van der Waals surface area (Å²) in [6.45, 7) is 3.49. The predicted octanol–water partition coefficient (Wildman–Crippen LogP) is 9.18. The molecule has 0 radical (unpaired) electrons. The van der Waals surface area contributed by atoms with Gasteiger partial charge in [0.25, 0.3) is 0 Å². The van der Waals surface area contributed by atoms with Gasteiger partial charge >= 0.3 is 5.97 Å². The van der Waals surface area contributed by atoms with E-state index < -0.39 is 5.97 Å². The zero-order valence-electron chi connectivity index (χ0n) is 19.7. The molecule has 0 N–H and O–H groups in total. The fourth-order valence-electron chi connectivity index (χ4n) is 4.89. The second-order valence-corrected chi connectivity index (χ2v) is 10.9. The van der Waals surface area contributed by atoms with Crippen LogP contribution in [0.2, 0.25) is 0 Å². The van der Waals surface area contributed by atoms with Gasteiger partial charge in [-0.1, -0.05) is 73.3 Å². The quantitative estimate of drug-likeness (QED) is 0.0713. The van der Waals surface area contributed by atoms with Crippen LogP contribution in [0.15, 0.2) is 109 Å². The zero-order chi connectivity index (χ0) is 24.5. The van der Waals surface area contributed by atoms with Crippen molar-refractivity contribution < 1.29 is 9.53 Å². The van der Waals surface area contributed by atoms with Gasteiger partial charge in [-0.05, 0) is 70.0 Å². The summed E-state index contributed by atoms with van der Waals surface area (Å²) in [4.78, 5) is 12.7. The molecule has 0 bridgehead atoms. The van der Waals surface area contributed by atoms with Crippen molar-refractivity contribution in [2.45, 2.75) is 17.7 Å². The first kappa shape index (κ1) is 22.8. The van der Waals surface area contributed by atoms with E-state index in [0.717, 1.165) is 23.5 Å². The van der Waals surface area contributed by atoms with Gasteiger partial charge in [0.2, 0.25) is 0 Å². The van der Waals surface area contributed by atoms with Crippen molar-refractivity contribution in [3.8, 4) is 5.75 Å². The van der Waals surface area contributed by atoms with Crippen molar-refractivity contribution in [2.75, 3.05) is 5.75 Å². The first-order valence-corrected chi connectivity index (χ1v) is 13.8. The van der Waals surface area contributed by atoms with Gasteiger partial charge in [0, 0.05) is 26.2 Å². The van der Waals surface area contributed by atoms with Crippen molar-refractivity contribution >= 4 is 70.8 Å². The van der Waals surface area contributed by atoms with E-state index in [1.54, 1.807) is 11.8 Å². The SMILES string of the molecule is C=CC(=O)Oc1ccccc1SCCCc1cc2ccccc2c2c1sc1ccc3ccccc3c12. The highest BCUT2D eigenvalue weighted by molar-refractivity contribution is 7.99. The molecule has 6 rings (SSSR count). The fraction of sp³-hybridized carbons (Fsp3) is 0.0938. The summed E-state index contributed by atoms with van der Waals surface area (Å²) in [5.41, 5.74) is 1.40. The van der Waals surface area contributed by atoms with Gasteiger partial charge in [-0.3, -0.25) is 0 Å². The highest BCUT2D eigenvalue weighted by atomic mass is 32.2. The van der Waals surface area contributed by atoms with Crippen molar-refractivity contribution in [3.63, 3.8) is 0 Å². The normalized spacial score (nSPS) is 11.4. The van der Waals surface area contributed by atoms with E-state index in [9.17, 15) is 4.79 Å². The zero-order valence-corrected chi connectivity index (χ0v) is 21.3. The summed E-state index contributed by atoms with van der Waals surface area (Å²) in [6, 6.07) is 32.0. The van der Waals surface area contributed by atoms with E-state index >= 15 is 0 Å². The molecule has 0 amide bonds. The van der Waals surface area contributed by atoms with Crippen LogP contribution in [0.25, 0.3) is 41.7 Å². The average molecular weight is 505 g/mol. The largest absolute Gasteiger partial charge is 0.422 e. The minimum atomic E-state index is -0.432. The Bertz CT molecular complexity index is 1760. The van der Waals surface area contributed by atoms with Crippen LogP contribution in [0.4, 0.5) is 0 Å². The number of hydrogen-bond donors (Lipinski definition) is 0. The summed E-state index contributed by atoms with van der Waals surface area (Å²) in [5, 5.41) is 7.98. The second-order valence-electron chi connectivity index (χ2n) is 8.75. The molecule has 0 aliphatic rings. The number of fused-ring (bicyclic) bond motifs is 7. The van der Waals surface area contributed by atoms with E-state index in [4.69, 9.17) is 4.74 Å². The third-order valence-corrected chi connectivity index (χ3v) is 8.88. The first-order valence-electron chi connectivity index (χ1n) is 12.0. The third kappa shape index (κ3) is 4.17. The number of carbonyl (C=O) groups excluding carboxylic acids is 1. The number of para-hydroxylation sites is 1. The molecular weight excluding hydrogens is 480 g/mol. The van der Waals surface area contributed by atoms with Crippen LogP contribution >= 0.6 is 23.1 Å². The summed E-state index contributed by atoms with van der Waals surface area (Å²) < 4.78 is 8.14. The molecule has 1 aromatic heterocycles. The average Bonchev–Trinajstić information content (AvgIpc) is 3.32. The van der Waals surface area contributed by atoms with Crippen molar-refractivity contribution in [2.24, 2.45) is 0 Å². The van der Waals surface area contributed by atoms with E-state index in [0.29, 0.717) is 5.75 Å². The van der Waals surface area contributed by atoms with Gasteiger partial charge in [0.1, 0.15) is 5.75 Å². The lowest BCUT2D eigenvalue weighted by Crippen LogP contribution is -2.03. The molecule has 1 heterocycles. The van der Waals surface area contributed by atoms with Gasteiger partial charge in [-0.25, -0.2) is 4.79 Å². The molecule has 0 unspecified atom stereocenters. The Balaban J connectivity index is 1.34. The Morgan fingerprint density at radius 2 is 1.58 bits per heavy atom. The lowest BCUT2D eigenvalue weighted by Gasteiger charge is -2.10. The highest BCUT2D eigenvalue weighted by Gasteiger charge is 2.15. The number of thioether (sulfide) groups is 1. The van der Waals surface area contributed by atoms with Crippen LogP contribution in [-0.4, -0.2) is 11.7 Å². The Labute approximate surface area is 218 Å². The van der Waals surface area contributed by atoms with Gasteiger partial charge in [0.05, 0.1) is 4.90 Å². The Hall–Kier alpha value is -3.60. The number of thiophene rings is 1. The summed E-state index contributed by atoms with van der Waals surface area (Å²) >= 11 is 3.64. The smallest absolute Gasteiger partial charge is 0.335 e. The molecule has 0 saturated heterocycles. The maximum atomic E-state index is 11.7. The lowest BCUT2D eigenvalue weighted by atomic mass is 9.96. The Morgan fingerprint density at radius 1 is 0.861 bits per heavy atom. The number of hydrogen-bond acceptors (Lipinski definition) is 4. The van der Waals surface area contributed by atoms with Gasteiger partial charge in [-0.2, -0.15) is 0 Å². The number of ether oxygens (including phenoxy) is 1. The van der Waals surface area contributed by atoms with E-state index in [2.05, 4.69) is 73.3 Å². The van der Waals surface area contributed by atoms with Gasteiger partial charge in [0.15, 0.2) is 0 Å². The molecule has 6 aromatic rings. The molecule has 176 valence electrons. The first-order chi connectivity index (χ1) is 17.7. The van der Waals surface area contributed by atoms with Crippen LogP contribution < -0.4 is 4.74 Å². The molecular formula is C32H24O2S2. The predicted molar refractivity (Wildman–Crippen MR) is 156 cm³/mol. The number of rotatable bonds is 7. The molecule has 2 nitrogen and oxygen atoms in total. The van der Waals surface area contributed by atoms with Crippen LogP contribution in [0, 0.1) is 0 Å². The van der Waals surface area contributed by atoms with Crippen LogP contribution in [0.3, 0.4) is 0 Å². The lowest BCUT2D eigenvalue weighted by molar-refractivity contribution is -0.129. The number of aryl methyl sites for hydroxylation is 1. The third-order valence-electron chi connectivity index (χ3n) is 6.51. The molecule has 0 aliphatic carbocycles. The molecule has 0 saturated carbocycles. The van der Waals surface area contributed by atoms with E-state index in [1.807, 2.05) is 35.6 Å². The maximum absolute atomic E-state index is 11.7. The summed E-state index contributed by atoms with van der Waals surface area (Å²) in [6.07, 6.45) is 3.21.